The summed E-state index contributed by atoms with van der Waals surface area (Å²) in [5, 5.41) is 2.57. The standard InChI is InChI=1S/C10H20N2O3/c1-9(2,11)6-7(13)12-10(3,4)8(14)15-5/h6,11H2,1-5H3,(H,12,13). The Morgan fingerprint density at radius 2 is 1.73 bits per heavy atom. The van der Waals surface area contributed by atoms with Gasteiger partial charge < -0.3 is 15.8 Å². The van der Waals surface area contributed by atoms with Gasteiger partial charge in [0, 0.05) is 12.0 Å². The monoisotopic (exact) mass is 216 g/mol. The molecule has 88 valence electrons. The van der Waals surface area contributed by atoms with E-state index in [0.29, 0.717) is 0 Å². The summed E-state index contributed by atoms with van der Waals surface area (Å²) >= 11 is 0. The first kappa shape index (κ1) is 13.9. The molecule has 5 heteroatoms. The summed E-state index contributed by atoms with van der Waals surface area (Å²) in [5.74, 6) is -0.747. The predicted octanol–water partition coefficient (Wildman–Crippen LogP) is 0.182. The Labute approximate surface area is 90.4 Å². The third-order valence-electron chi connectivity index (χ3n) is 1.76. The number of hydrogen-bond donors (Lipinski definition) is 2. The zero-order valence-electron chi connectivity index (χ0n) is 10.0. The molecule has 15 heavy (non-hydrogen) atoms. The SMILES string of the molecule is COC(=O)C(C)(C)NC(=O)CC(C)(C)N. The maximum absolute atomic E-state index is 11.5. The van der Waals surface area contributed by atoms with Gasteiger partial charge >= 0.3 is 5.97 Å². The number of nitrogens with one attached hydrogen (secondary N) is 1. The van der Waals surface area contributed by atoms with Gasteiger partial charge in [0.2, 0.25) is 5.91 Å². The average Bonchev–Trinajstić information content (AvgIpc) is 1.97. The van der Waals surface area contributed by atoms with Crippen molar-refractivity contribution in [2.24, 2.45) is 5.73 Å². The summed E-state index contributed by atoms with van der Waals surface area (Å²) in [6, 6.07) is 0. The Hall–Kier alpha value is -1.10. The lowest BCUT2D eigenvalue weighted by Crippen LogP contribution is -2.52. The highest BCUT2D eigenvalue weighted by atomic mass is 16.5. The third-order valence-corrected chi connectivity index (χ3v) is 1.76. The molecule has 0 atom stereocenters. The van der Waals surface area contributed by atoms with Crippen LogP contribution in [0, 0.1) is 0 Å². The van der Waals surface area contributed by atoms with Crippen LogP contribution in [0.3, 0.4) is 0 Å². The fraction of sp³-hybridized carbons (Fsp3) is 0.800. The van der Waals surface area contributed by atoms with E-state index in [9.17, 15) is 9.59 Å². The molecule has 0 spiro atoms. The van der Waals surface area contributed by atoms with Crippen molar-refractivity contribution >= 4 is 11.9 Å². The van der Waals surface area contributed by atoms with E-state index in [-0.39, 0.29) is 12.3 Å². The fourth-order valence-corrected chi connectivity index (χ4v) is 1.11. The van der Waals surface area contributed by atoms with Gasteiger partial charge in [0.15, 0.2) is 0 Å². The number of hydrogen-bond acceptors (Lipinski definition) is 4. The number of nitrogens with two attached hydrogens (primary N) is 1. The molecule has 0 aromatic rings. The van der Waals surface area contributed by atoms with Gasteiger partial charge in [0.05, 0.1) is 7.11 Å². The van der Waals surface area contributed by atoms with E-state index in [4.69, 9.17) is 5.73 Å². The second-order valence-corrected chi connectivity index (χ2v) is 4.83. The molecule has 0 saturated carbocycles. The third kappa shape index (κ3) is 5.37. The van der Waals surface area contributed by atoms with Crippen molar-refractivity contribution in [2.75, 3.05) is 7.11 Å². The molecule has 0 aliphatic heterocycles. The lowest BCUT2D eigenvalue weighted by molar-refractivity contribution is -0.149. The summed E-state index contributed by atoms with van der Waals surface area (Å²) in [5.41, 5.74) is 4.08. The molecule has 0 unspecified atom stereocenters. The van der Waals surface area contributed by atoms with Gasteiger partial charge in [-0.25, -0.2) is 4.79 Å². The molecule has 0 saturated heterocycles. The second-order valence-electron chi connectivity index (χ2n) is 4.83. The van der Waals surface area contributed by atoms with Crippen molar-refractivity contribution in [2.45, 2.75) is 45.2 Å². The number of rotatable bonds is 4. The maximum atomic E-state index is 11.5. The number of carbonyl (C=O) groups excluding carboxylic acids is 2. The summed E-state index contributed by atoms with van der Waals surface area (Å²) < 4.78 is 4.56. The van der Waals surface area contributed by atoms with Gasteiger partial charge in [-0.3, -0.25) is 4.79 Å². The highest BCUT2D eigenvalue weighted by Crippen LogP contribution is 2.08. The van der Waals surface area contributed by atoms with Crippen LogP contribution in [0.1, 0.15) is 34.1 Å². The van der Waals surface area contributed by atoms with Crippen molar-refractivity contribution < 1.29 is 14.3 Å². The van der Waals surface area contributed by atoms with E-state index in [2.05, 4.69) is 10.1 Å². The van der Waals surface area contributed by atoms with Gasteiger partial charge in [-0.05, 0) is 27.7 Å². The van der Waals surface area contributed by atoms with Crippen LogP contribution in [-0.2, 0) is 14.3 Å². The van der Waals surface area contributed by atoms with Crippen molar-refractivity contribution in [3.8, 4) is 0 Å². The molecule has 5 nitrogen and oxygen atoms in total. The van der Waals surface area contributed by atoms with E-state index < -0.39 is 17.0 Å². The minimum atomic E-state index is -1.02. The molecule has 0 bridgehead atoms. The zero-order valence-corrected chi connectivity index (χ0v) is 10.0. The topological polar surface area (TPSA) is 81.4 Å². The molecule has 0 aliphatic rings. The van der Waals surface area contributed by atoms with Gasteiger partial charge in [0.1, 0.15) is 5.54 Å². The molecule has 0 rings (SSSR count). The quantitative estimate of drug-likeness (QED) is 0.657. The van der Waals surface area contributed by atoms with Crippen molar-refractivity contribution in [3.05, 3.63) is 0 Å². The maximum Gasteiger partial charge on any atom is 0.330 e. The van der Waals surface area contributed by atoms with Gasteiger partial charge in [-0.2, -0.15) is 0 Å². The van der Waals surface area contributed by atoms with Crippen LogP contribution in [0.5, 0.6) is 0 Å². The van der Waals surface area contributed by atoms with E-state index in [1.54, 1.807) is 27.7 Å². The zero-order chi connectivity index (χ0) is 12.3. The lowest BCUT2D eigenvalue weighted by Gasteiger charge is -2.25. The van der Waals surface area contributed by atoms with Gasteiger partial charge in [-0.15, -0.1) is 0 Å². The second kappa shape index (κ2) is 4.61. The first-order chi connectivity index (χ1) is 6.58. The molecule has 1 amide bonds. The number of carbonyl (C=O) groups is 2. The first-order valence-electron chi connectivity index (χ1n) is 4.77. The van der Waals surface area contributed by atoms with Crippen LogP contribution in [0.15, 0.2) is 0 Å². The highest BCUT2D eigenvalue weighted by molar-refractivity contribution is 5.87. The molecular formula is C10H20N2O3. The molecule has 3 N–H and O–H groups in total. The van der Waals surface area contributed by atoms with Gasteiger partial charge in [-0.1, -0.05) is 0 Å². The molecule has 0 heterocycles. The summed E-state index contributed by atoms with van der Waals surface area (Å²) in [6.07, 6.45) is 0.160. The summed E-state index contributed by atoms with van der Waals surface area (Å²) in [4.78, 5) is 22.8. The average molecular weight is 216 g/mol. The van der Waals surface area contributed by atoms with E-state index in [0.717, 1.165) is 0 Å². The summed E-state index contributed by atoms with van der Waals surface area (Å²) in [7, 11) is 1.28. The number of esters is 1. The minimum Gasteiger partial charge on any atom is -0.467 e. The Morgan fingerprint density at radius 3 is 2.07 bits per heavy atom. The Kier molecular flexibility index (Phi) is 4.27. The molecule has 0 aliphatic carbocycles. The summed E-state index contributed by atoms with van der Waals surface area (Å²) in [6.45, 7) is 6.66. The van der Waals surface area contributed by atoms with Crippen LogP contribution in [-0.4, -0.2) is 30.1 Å². The van der Waals surface area contributed by atoms with Crippen LogP contribution < -0.4 is 11.1 Å². The van der Waals surface area contributed by atoms with Crippen molar-refractivity contribution in [1.82, 2.24) is 5.32 Å². The number of amides is 1. The molecule has 0 aromatic heterocycles. The highest BCUT2D eigenvalue weighted by Gasteiger charge is 2.31. The molecule has 0 aromatic carbocycles. The van der Waals surface area contributed by atoms with Crippen LogP contribution >= 0.6 is 0 Å². The fourth-order valence-electron chi connectivity index (χ4n) is 1.11. The Morgan fingerprint density at radius 1 is 1.27 bits per heavy atom. The van der Waals surface area contributed by atoms with E-state index in [1.807, 2.05) is 0 Å². The smallest absolute Gasteiger partial charge is 0.330 e. The van der Waals surface area contributed by atoms with Crippen LogP contribution in [0.2, 0.25) is 0 Å². The normalized spacial score (nSPS) is 12.1. The largest absolute Gasteiger partial charge is 0.467 e. The van der Waals surface area contributed by atoms with E-state index in [1.165, 1.54) is 7.11 Å². The lowest BCUT2D eigenvalue weighted by atomic mass is 10.00. The first-order valence-corrected chi connectivity index (χ1v) is 4.77. The Bertz CT molecular complexity index is 254. The van der Waals surface area contributed by atoms with Crippen LogP contribution in [0.25, 0.3) is 0 Å². The Balaban J connectivity index is 4.35. The number of methoxy groups -OCH3 is 1. The molecule has 0 fully saturated rings. The van der Waals surface area contributed by atoms with Crippen molar-refractivity contribution in [3.63, 3.8) is 0 Å². The molecule has 0 radical (unpaired) electrons. The van der Waals surface area contributed by atoms with Crippen LogP contribution in [0.4, 0.5) is 0 Å². The number of ether oxygens (including phenoxy) is 1. The van der Waals surface area contributed by atoms with Crippen molar-refractivity contribution in [1.29, 1.82) is 0 Å². The van der Waals surface area contributed by atoms with E-state index >= 15 is 0 Å². The minimum absolute atomic E-state index is 0.160. The molecular weight excluding hydrogens is 196 g/mol. The van der Waals surface area contributed by atoms with Gasteiger partial charge in [0.25, 0.3) is 0 Å². The predicted molar refractivity (Wildman–Crippen MR) is 57.1 cm³/mol.